The highest BCUT2D eigenvalue weighted by Gasteiger charge is 2.33. The number of hydrogen-bond acceptors (Lipinski definition) is 30. The zero-order chi connectivity index (χ0) is 79.5. The van der Waals surface area contributed by atoms with E-state index in [1.165, 1.54) is 42.5 Å². The number of nitrogens with two attached hydrogens (primary N) is 4. The number of carbonyl (C=O) groups is 1. The van der Waals surface area contributed by atoms with Crippen LogP contribution in [0.25, 0.3) is 0 Å². The Labute approximate surface area is 615 Å². The van der Waals surface area contributed by atoms with E-state index in [-0.39, 0.29) is 118 Å². The van der Waals surface area contributed by atoms with Crippen molar-refractivity contribution in [1.29, 1.82) is 0 Å². The summed E-state index contributed by atoms with van der Waals surface area (Å²) in [7, 11) is 0. The van der Waals surface area contributed by atoms with Gasteiger partial charge < -0.3 is 70.2 Å². The first kappa shape index (κ1) is 80.2. The molecular weight excluding hydrogens is 1470 g/mol. The van der Waals surface area contributed by atoms with E-state index in [1.807, 2.05) is 24.2 Å². The number of carbonyl (C=O) groups excluding carboxylic acids is 1. The van der Waals surface area contributed by atoms with E-state index >= 15 is 0 Å². The van der Waals surface area contributed by atoms with Gasteiger partial charge in [-0.05, 0) is 71.7 Å². The van der Waals surface area contributed by atoms with Gasteiger partial charge in [-0.25, -0.2) is 39.9 Å². The first-order chi connectivity index (χ1) is 52.3. The number of halogens is 11. The number of anilines is 16. The summed E-state index contributed by atoms with van der Waals surface area (Å²) in [5.74, 6) is -4.64. The lowest BCUT2D eigenvalue weighted by molar-refractivity contribution is -0.141. The Bertz CT molecular complexity index is 5100. The fraction of sp³-hybridized carbons (Fsp3) is 0.246. The van der Waals surface area contributed by atoms with Gasteiger partial charge in [0.25, 0.3) is 0 Å². The van der Waals surface area contributed by atoms with Crippen LogP contribution < -0.4 is 65.5 Å². The molecule has 0 bridgehead atoms. The molecule has 0 amide bonds. The molecule has 4 atom stereocenters. The Kier molecular flexibility index (Phi) is 26.5. The minimum atomic E-state index is -4.59. The van der Waals surface area contributed by atoms with Crippen molar-refractivity contribution in [3.05, 3.63) is 189 Å². The molecule has 4 unspecified atom stereocenters. The number of esters is 1. The zero-order valence-corrected chi connectivity index (χ0v) is 58.8. The van der Waals surface area contributed by atoms with Gasteiger partial charge in [-0.2, -0.15) is 93.4 Å². The van der Waals surface area contributed by atoms with Crippen LogP contribution in [-0.2, 0) is 23.8 Å². The molecule has 12 rings (SSSR count). The molecule has 12 aromatic rings. The molecular formula is C65H69F11N32O2. The molecule has 0 saturated heterocycles. The molecule has 0 aliphatic carbocycles. The Hall–Kier alpha value is -13.9. The van der Waals surface area contributed by atoms with Crippen molar-refractivity contribution in [2.24, 2.45) is 0 Å². The number of rotatable bonds is 25. The number of aromatic amines is 4. The topological polar surface area (TPSA) is 496 Å². The molecule has 8 heterocycles. The van der Waals surface area contributed by atoms with Crippen molar-refractivity contribution in [2.75, 3.05) is 72.1 Å². The predicted molar refractivity (Wildman–Crippen MR) is 382 cm³/mol. The van der Waals surface area contributed by atoms with Crippen LogP contribution in [0.4, 0.5) is 143 Å². The largest absolute Gasteiger partial charge is 0.461 e. The second-order valence-electron chi connectivity index (χ2n) is 23.2. The van der Waals surface area contributed by atoms with E-state index in [4.69, 9.17) is 27.7 Å². The summed E-state index contributed by atoms with van der Waals surface area (Å²) in [6.45, 7) is 12.6. The molecule has 0 spiro atoms. The minimum Gasteiger partial charge on any atom is -0.461 e. The third-order valence-electron chi connectivity index (χ3n) is 14.8. The zero-order valence-electron chi connectivity index (χ0n) is 58.8. The van der Waals surface area contributed by atoms with Gasteiger partial charge in [0.05, 0.1) is 30.8 Å². The molecule has 45 heteroatoms. The smallest absolute Gasteiger partial charge is 0.432 e. The number of nitrogens with zero attached hydrogens (tertiary/aromatic N) is 16. The Morgan fingerprint density at radius 2 is 0.700 bits per heavy atom. The highest BCUT2D eigenvalue weighted by molar-refractivity contribution is 5.88. The van der Waals surface area contributed by atoms with Crippen LogP contribution >= 0.6 is 0 Å². The van der Waals surface area contributed by atoms with Crippen LogP contribution in [0.2, 0.25) is 0 Å². The molecule has 0 aliphatic rings. The van der Waals surface area contributed by atoms with Gasteiger partial charge >= 0.3 is 12.1 Å². The molecule has 8 aromatic heterocycles. The SMILES string of the molecule is CC(Nc1nc(N)nc(Nc2cc(C(F)(F)F)[nH]n2)n1)c1ccc(F)cc1F.CCCc1cc(Nc2nc(N)nc(NC(C)c3ccc(F)cc3F)n2)n[nH]1.CCOC(=O)c1cc(Nc2nc(N)nc(NC(C)c3ccc(F)cc3F)n2)n[nH]1.CCc1cc(Nc2nc(N)nc(NC(C)c3ccc(F)cc3F)n2)n[nH]1. The molecule has 0 aliphatic heterocycles. The highest BCUT2D eigenvalue weighted by Crippen LogP contribution is 2.31. The van der Waals surface area contributed by atoms with Gasteiger partial charge in [0, 0.05) is 82.2 Å². The fourth-order valence-electron chi connectivity index (χ4n) is 9.67. The normalized spacial score (nSPS) is 12.1. The molecule has 0 radical (unpaired) electrons. The maximum atomic E-state index is 14.0. The van der Waals surface area contributed by atoms with E-state index in [2.05, 4.69) is 145 Å². The fourth-order valence-corrected chi connectivity index (χ4v) is 9.67. The summed E-state index contributed by atoms with van der Waals surface area (Å²) < 4.78 is 151. The number of alkyl halides is 3. The second kappa shape index (κ2) is 36.4. The Morgan fingerprint density at radius 3 is 1.00 bits per heavy atom. The molecule has 4 aromatic carbocycles. The average molecular weight is 1540 g/mol. The van der Waals surface area contributed by atoms with Gasteiger partial charge in [0.1, 0.15) is 57.9 Å². The summed E-state index contributed by atoms with van der Waals surface area (Å²) in [5, 5.41) is 48.4. The Balaban J connectivity index is 0.000000169. The van der Waals surface area contributed by atoms with Crippen LogP contribution in [-0.4, -0.2) is 113 Å². The first-order valence-electron chi connectivity index (χ1n) is 32.8. The average Bonchev–Trinajstić information content (AvgIpc) is 1.17. The maximum Gasteiger partial charge on any atom is 0.432 e. The van der Waals surface area contributed by atoms with Crippen molar-refractivity contribution >= 4 is 101 Å². The maximum absolute atomic E-state index is 14.0. The third kappa shape index (κ3) is 23.0. The number of ether oxygens (including phenoxy) is 1. The standard InChI is InChI=1S/C17H18F2N8O2.C17H20F2N8.C16H18F2N8.C15H13F5N8/c1-3-29-14(28)12-7-13(27-26-12)22-17-24-15(20)23-16(25-17)21-8(2)10-5-4-9(18)6-11(10)19;1-3-4-11-8-14(27-26-11)22-17-24-15(20)23-16(25-17)21-9(2)12-6-5-10(18)7-13(12)19;1-3-10-7-13(26-25-10)21-16-23-14(19)22-15(24-16)20-8(2)11-5-4-9(17)6-12(11)18;1-6(8-3-2-7(16)4-9(8)17)22-13-24-12(21)25-14(26-13)23-11-5-10(27-28-11)15(18,19)20/h4-8H,3H2,1-2H3,(H5,20,21,22,23,24,25,26,27);5-9H,3-4H2,1-2H3,(H5,20,21,22,23,24,25,26,27);4-8H,3H2,1-2H3,(H5,19,20,21,22,23,24,25,26);2-6H,1H3,(H5,21,22,23,24,25,26,27,28). The van der Waals surface area contributed by atoms with Gasteiger partial charge in [-0.1, -0.05) is 44.5 Å². The number of hydrogen-bond donors (Lipinski definition) is 16. The molecule has 0 fully saturated rings. The lowest BCUT2D eigenvalue weighted by Crippen LogP contribution is -2.14. The molecule has 34 nitrogen and oxygen atoms in total. The summed E-state index contributed by atoms with van der Waals surface area (Å²) in [5.41, 5.74) is 24.7. The number of benzene rings is 4. The second-order valence-corrected chi connectivity index (χ2v) is 23.2. The number of aromatic nitrogens is 20. The summed E-state index contributed by atoms with van der Waals surface area (Å²) in [4.78, 5) is 59.7. The third-order valence-corrected chi connectivity index (χ3v) is 14.8. The molecule has 578 valence electrons. The highest BCUT2D eigenvalue weighted by atomic mass is 19.4. The lowest BCUT2D eigenvalue weighted by atomic mass is 10.1. The van der Waals surface area contributed by atoms with Crippen LogP contribution in [0.5, 0.6) is 0 Å². The van der Waals surface area contributed by atoms with E-state index in [0.29, 0.717) is 11.6 Å². The van der Waals surface area contributed by atoms with Crippen LogP contribution in [0, 0.1) is 46.5 Å². The van der Waals surface area contributed by atoms with E-state index in [0.717, 1.165) is 73.1 Å². The summed E-state index contributed by atoms with van der Waals surface area (Å²) in [6, 6.07) is 16.7. The van der Waals surface area contributed by atoms with Crippen LogP contribution in [0.15, 0.2) is 97.1 Å². The van der Waals surface area contributed by atoms with Gasteiger partial charge in [0.15, 0.2) is 23.3 Å². The quantitative estimate of drug-likeness (QED) is 0.0187. The van der Waals surface area contributed by atoms with Crippen molar-refractivity contribution in [3.63, 3.8) is 0 Å². The molecule has 0 saturated carbocycles. The van der Waals surface area contributed by atoms with Crippen LogP contribution in [0.1, 0.15) is 129 Å². The van der Waals surface area contributed by atoms with Crippen molar-refractivity contribution in [2.45, 2.75) is 98.1 Å². The van der Waals surface area contributed by atoms with E-state index < -0.39 is 88.5 Å². The minimum absolute atomic E-state index is 0.00824. The summed E-state index contributed by atoms with van der Waals surface area (Å²) in [6.07, 6.45) is -1.91. The van der Waals surface area contributed by atoms with Gasteiger partial charge in [-0.15, -0.1) is 0 Å². The van der Waals surface area contributed by atoms with Gasteiger partial charge in [0.2, 0.25) is 71.4 Å². The van der Waals surface area contributed by atoms with Crippen molar-refractivity contribution in [3.8, 4) is 0 Å². The number of H-pyrrole nitrogens is 4. The van der Waals surface area contributed by atoms with E-state index in [9.17, 15) is 53.1 Å². The lowest BCUT2D eigenvalue weighted by Gasteiger charge is -2.15. The van der Waals surface area contributed by atoms with Gasteiger partial charge in [-0.3, -0.25) is 20.4 Å². The van der Waals surface area contributed by atoms with Crippen LogP contribution in [0.3, 0.4) is 0 Å². The number of nitrogens with one attached hydrogen (secondary N) is 12. The first-order valence-corrected chi connectivity index (χ1v) is 32.8. The molecule has 110 heavy (non-hydrogen) atoms. The Morgan fingerprint density at radius 1 is 0.400 bits per heavy atom. The van der Waals surface area contributed by atoms with E-state index in [1.54, 1.807) is 34.6 Å². The van der Waals surface area contributed by atoms with Crippen molar-refractivity contribution in [1.82, 2.24) is 101 Å². The predicted octanol–water partition coefficient (Wildman–Crippen LogP) is 12.2. The molecule has 20 N–H and O–H groups in total. The summed E-state index contributed by atoms with van der Waals surface area (Å²) >= 11 is 0. The number of aryl methyl sites for hydroxylation is 2. The van der Waals surface area contributed by atoms with Crippen molar-refractivity contribution < 1.29 is 57.8 Å². The monoisotopic (exact) mass is 1540 g/mol. The number of nitrogen functional groups attached to an aromatic ring is 4.